The summed E-state index contributed by atoms with van der Waals surface area (Å²) < 4.78 is 13.8. The van der Waals surface area contributed by atoms with Crippen molar-refractivity contribution in [2.24, 2.45) is 5.41 Å². The minimum absolute atomic E-state index is 0.0465. The average molecular weight is 375 g/mol. The van der Waals surface area contributed by atoms with E-state index in [0.717, 1.165) is 4.88 Å². The van der Waals surface area contributed by atoms with E-state index >= 15 is 0 Å². The zero-order chi connectivity index (χ0) is 18.7. The minimum Gasteiger partial charge on any atom is -0.343 e. The molecule has 7 heteroatoms. The van der Waals surface area contributed by atoms with Crippen molar-refractivity contribution >= 4 is 28.3 Å². The molecule has 3 rings (SSSR count). The SMILES string of the molecule is CC(=O)N1CCC(C)(C(=O)Nc2ncc(Cc3ccccc3F)s2)CC1. The molecule has 0 atom stereocenters. The highest BCUT2D eigenvalue weighted by Crippen LogP contribution is 2.33. The summed E-state index contributed by atoms with van der Waals surface area (Å²) in [4.78, 5) is 31.0. The molecular weight excluding hydrogens is 353 g/mol. The lowest BCUT2D eigenvalue weighted by Gasteiger charge is -2.37. The molecule has 5 nitrogen and oxygen atoms in total. The fourth-order valence-electron chi connectivity index (χ4n) is 3.07. The lowest BCUT2D eigenvalue weighted by Crippen LogP contribution is -2.46. The largest absolute Gasteiger partial charge is 0.343 e. The molecule has 2 heterocycles. The van der Waals surface area contributed by atoms with Crippen LogP contribution in [0.25, 0.3) is 0 Å². The van der Waals surface area contributed by atoms with Gasteiger partial charge in [-0.15, -0.1) is 11.3 Å². The second-order valence-electron chi connectivity index (χ2n) is 6.92. The standard InChI is InChI=1S/C19H22FN3O2S/c1-13(24)23-9-7-19(2,8-10-23)17(25)22-18-21-12-15(26-18)11-14-5-3-4-6-16(14)20/h3-6,12H,7-11H2,1-2H3,(H,21,22,25). The molecular formula is C19H22FN3O2S. The van der Waals surface area contributed by atoms with Crippen LogP contribution in [0.15, 0.2) is 30.5 Å². The Morgan fingerprint density at radius 3 is 2.65 bits per heavy atom. The number of piperidine rings is 1. The molecule has 1 fully saturated rings. The molecule has 2 aromatic rings. The molecule has 1 N–H and O–H groups in total. The van der Waals surface area contributed by atoms with Crippen LogP contribution in [0.4, 0.5) is 9.52 Å². The molecule has 1 aliphatic rings. The van der Waals surface area contributed by atoms with Gasteiger partial charge in [0.1, 0.15) is 5.82 Å². The third kappa shape index (κ3) is 4.09. The van der Waals surface area contributed by atoms with Crippen molar-refractivity contribution in [1.29, 1.82) is 0 Å². The molecule has 26 heavy (non-hydrogen) atoms. The third-order valence-corrected chi connectivity index (χ3v) is 5.87. The van der Waals surface area contributed by atoms with Crippen molar-refractivity contribution in [3.63, 3.8) is 0 Å². The predicted octanol–water partition coefficient (Wildman–Crippen LogP) is 3.46. The van der Waals surface area contributed by atoms with Crippen LogP contribution in [0.5, 0.6) is 0 Å². The van der Waals surface area contributed by atoms with E-state index in [1.165, 1.54) is 17.4 Å². The van der Waals surface area contributed by atoms with Gasteiger partial charge in [0.15, 0.2) is 5.13 Å². The quantitative estimate of drug-likeness (QED) is 0.890. The average Bonchev–Trinajstić information content (AvgIpc) is 3.04. The molecule has 2 amide bonds. The second-order valence-corrected chi connectivity index (χ2v) is 8.04. The first-order valence-corrected chi connectivity index (χ1v) is 9.44. The number of halogens is 1. The number of carbonyl (C=O) groups excluding carboxylic acids is 2. The molecule has 1 aromatic heterocycles. The van der Waals surface area contributed by atoms with E-state index in [1.54, 1.807) is 36.2 Å². The summed E-state index contributed by atoms with van der Waals surface area (Å²) in [5.74, 6) is -0.270. The van der Waals surface area contributed by atoms with Crippen LogP contribution in [-0.2, 0) is 16.0 Å². The second kappa shape index (κ2) is 7.53. The Hall–Kier alpha value is -2.28. The van der Waals surface area contributed by atoms with Gasteiger partial charge in [-0.1, -0.05) is 25.1 Å². The number of aromatic nitrogens is 1. The van der Waals surface area contributed by atoms with Crippen LogP contribution < -0.4 is 5.32 Å². The maximum absolute atomic E-state index is 13.8. The number of carbonyl (C=O) groups is 2. The molecule has 1 aliphatic heterocycles. The zero-order valence-corrected chi connectivity index (χ0v) is 15.7. The lowest BCUT2D eigenvalue weighted by atomic mass is 9.79. The van der Waals surface area contributed by atoms with Crippen LogP contribution in [0.3, 0.4) is 0 Å². The van der Waals surface area contributed by atoms with Gasteiger partial charge in [0.2, 0.25) is 11.8 Å². The Morgan fingerprint density at radius 2 is 2.00 bits per heavy atom. The smallest absolute Gasteiger partial charge is 0.232 e. The van der Waals surface area contributed by atoms with Crippen molar-refractivity contribution in [3.05, 3.63) is 46.7 Å². The Balaban J connectivity index is 1.61. The number of nitrogens with one attached hydrogen (secondary N) is 1. The van der Waals surface area contributed by atoms with E-state index in [2.05, 4.69) is 10.3 Å². The number of rotatable bonds is 4. The summed E-state index contributed by atoms with van der Waals surface area (Å²) in [6.07, 6.45) is 3.39. The summed E-state index contributed by atoms with van der Waals surface area (Å²) in [5, 5.41) is 3.41. The molecule has 138 valence electrons. The topological polar surface area (TPSA) is 62.3 Å². The summed E-state index contributed by atoms with van der Waals surface area (Å²) >= 11 is 1.36. The van der Waals surface area contributed by atoms with E-state index in [4.69, 9.17) is 0 Å². The van der Waals surface area contributed by atoms with Gasteiger partial charge in [-0.25, -0.2) is 9.37 Å². The Bertz CT molecular complexity index is 813. The Morgan fingerprint density at radius 1 is 1.31 bits per heavy atom. The van der Waals surface area contributed by atoms with Crippen LogP contribution in [0, 0.1) is 11.2 Å². The van der Waals surface area contributed by atoms with Gasteiger partial charge in [-0.05, 0) is 24.5 Å². The molecule has 0 radical (unpaired) electrons. The van der Waals surface area contributed by atoms with Crippen LogP contribution in [0.2, 0.25) is 0 Å². The van der Waals surface area contributed by atoms with Crippen molar-refractivity contribution in [2.45, 2.75) is 33.1 Å². The first-order chi connectivity index (χ1) is 12.4. The number of amides is 2. The van der Waals surface area contributed by atoms with Gasteiger partial charge in [-0.2, -0.15) is 0 Å². The molecule has 0 unspecified atom stereocenters. The number of nitrogens with zero attached hydrogens (tertiary/aromatic N) is 2. The maximum Gasteiger partial charge on any atom is 0.232 e. The van der Waals surface area contributed by atoms with E-state index < -0.39 is 5.41 Å². The van der Waals surface area contributed by atoms with Gasteiger partial charge in [0.25, 0.3) is 0 Å². The Kier molecular flexibility index (Phi) is 5.36. The van der Waals surface area contributed by atoms with Crippen LogP contribution in [-0.4, -0.2) is 34.8 Å². The van der Waals surface area contributed by atoms with Gasteiger partial charge < -0.3 is 10.2 Å². The number of hydrogen-bond acceptors (Lipinski definition) is 4. The zero-order valence-electron chi connectivity index (χ0n) is 14.9. The summed E-state index contributed by atoms with van der Waals surface area (Å²) in [6, 6.07) is 6.65. The Labute approximate surface area is 156 Å². The third-order valence-electron chi connectivity index (χ3n) is 4.96. The molecule has 1 saturated heterocycles. The van der Waals surface area contributed by atoms with Gasteiger partial charge in [0.05, 0.1) is 5.41 Å². The van der Waals surface area contributed by atoms with Crippen molar-refractivity contribution in [2.75, 3.05) is 18.4 Å². The molecule has 0 spiro atoms. The number of benzene rings is 1. The number of thiazole rings is 1. The lowest BCUT2D eigenvalue weighted by molar-refractivity contribution is -0.135. The van der Waals surface area contributed by atoms with Crippen molar-refractivity contribution in [1.82, 2.24) is 9.88 Å². The van der Waals surface area contributed by atoms with Gasteiger partial charge >= 0.3 is 0 Å². The minimum atomic E-state index is -0.511. The highest BCUT2D eigenvalue weighted by atomic mass is 32.1. The van der Waals surface area contributed by atoms with E-state index in [1.807, 2.05) is 6.92 Å². The van der Waals surface area contributed by atoms with E-state index in [-0.39, 0.29) is 17.6 Å². The predicted molar refractivity (Wildman–Crippen MR) is 99.5 cm³/mol. The number of anilines is 1. The molecule has 0 bridgehead atoms. The number of likely N-dealkylation sites (tertiary alicyclic amines) is 1. The highest BCUT2D eigenvalue weighted by Gasteiger charge is 2.37. The van der Waals surface area contributed by atoms with Crippen LogP contribution in [0.1, 0.15) is 37.1 Å². The van der Waals surface area contributed by atoms with Crippen LogP contribution >= 0.6 is 11.3 Å². The van der Waals surface area contributed by atoms with Gasteiger partial charge in [-0.3, -0.25) is 9.59 Å². The molecule has 0 aliphatic carbocycles. The highest BCUT2D eigenvalue weighted by molar-refractivity contribution is 7.15. The summed E-state index contributed by atoms with van der Waals surface area (Å²) in [6.45, 7) is 4.66. The normalized spacial score (nSPS) is 16.3. The number of hydrogen-bond donors (Lipinski definition) is 1. The summed E-state index contributed by atoms with van der Waals surface area (Å²) in [5.41, 5.74) is 0.0983. The van der Waals surface area contributed by atoms with Crippen molar-refractivity contribution in [3.8, 4) is 0 Å². The van der Waals surface area contributed by atoms with E-state index in [0.29, 0.717) is 43.0 Å². The van der Waals surface area contributed by atoms with Crippen molar-refractivity contribution < 1.29 is 14.0 Å². The summed E-state index contributed by atoms with van der Waals surface area (Å²) in [7, 11) is 0. The first kappa shape index (κ1) is 18.5. The fourth-order valence-corrected chi connectivity index (χ4v) is 3.90. The monoisotopic (exact) mass is 375 g/mol. The maximum atomic E-state index is 13.8. The van der Waals surface area contributed by atoms with Gasteiger partial charge in [0, 0.05) is 37.5 Å². The first-order valence-electron chi connectivity index (χ1n) is 8.62. The fraction of sp³-hybridized carbons (Fsp3) is 0.421. The molecule has 0 saturated carbocycles. The van der Waals surface area contributed by atoms with E-state index in [9.17, 15) is 14.0 Å². The molecule has 1 aromatic carbocycles.